The molecule has 0 unspecified atom stereocenters. The van der Waals surface area contributed by atoms with E-state index in [1.54, 1.807) is 12.1 Å². The number of aryl methyl sites for hydroxylation is 2. The molecule has 98 valence electrons. The number of nitrogen functional groups attached to an aromatic ring is 1. The largest absolute Gasteiger partial charge is 0.437 e. The van der Waals surface area contributed by atoms with Crippen LogP contribution in [0.4, 0.5) is 0 Å². The molecule has 2 aromatic heterocycles. The molecule has 0 aliphatic rings. The first-order chi connectivity index (χ1) is 9.10. The highest BCUT2D eigenvalue weighted by atomic mass is 16.5. The summed E-state index contributed by atoms with van der Waals surface area (Å²) in [5.41, 5.74) is 7.81. The van der Waals surface area contributed by atoms with Crippen molar-refractivity contribution in [1.29, 1.82) is 5.41 Å². The number of nitrogens with two attached hydrogens (primary N) is 1. The van der Waals surface area contributed by atoms with Crippen molar-refractivity contribution in [2.75, 3.05) is 0 Å². The van der Waals surface area contributed by atoms with E-state index in [0.717, 1.165) is 17.8 Å². The Morgan fingerprint density at radius 2 is 2.11 bits per heavy atom. The van der Waals surface area contributed by atoms with Crippen LogP contribution < -0.4 is 10.5 Å². The molecular formula is C14H16N4O. The Labute approximate surface area is 112 Å². The summed E-state index contributed by atoms with van der Waals surface area (Å²) in [4.78, 5) is 8.55. The molecular weight excluding hydrogens is 240 g/mol. The number of hydrogen-bond donors (Lipinski definition) is 2. The summed E-state index contributed by atoms with van der Waals surface area (Å²) in [6, 6.07) is 7.19. The smallest absolute Gasteiger partial charge is 0.219 e. The van der Waals surface area contributed by atoms with E-state index in [2.05, 4.69) is 9.97 Å². The highest BCUT2D eigenvalue weighted by Gasteiger charge is 2.06. The fraction of sp³-hybridized carbons (Fsp3) is 0.214. The SMILES string of the molecule is CCc1nc(C)ccc1Oc1ccc(C(=N)N)cn1. The van der Waals surface area contributed by atoms with E-state index in [0.29, 0.717) is 17.2 Å². The first-order valence-electron chi connectivity index (χ1n) is 6.05. The van der Waals surface area contributed by atoms with Gasteiger partial charge in [0, 0.05) is 23.5 Å². The number of amidine groups is 1. The van der Waals surface area contributed by atoms with Gasteiger partial charge in [-0.3, -0.25) is 10.4 Å². The van der Waals surface area contributed by atoms with E-state index in [-0.39, 0.29) is 5.84 Å². The molecule has 0 aromatic carbocycles. The van der Waals surface area contributed by atoms with Crippen molar-refractivity contribution in [3.8, 4) is 11.6 Å². The lowest BCUT2D eigenvalue weighted by Crippen LogP contribution is -2.11. The molecule has 0 radical (unpaired) electrons. The van der Waals surface area contributed by atoms with E-state index in [1.165, 1.54) is 6.20 Å². The van der Waals surface area contributed by atoms with E-state index in [9.17, 15) is 0 Å². The van der Waals surface area contributed by atoms with Crippen LogP contribution in [0.5, 0.6) is 11.6 Å². The van der Waals surface area contributed by atoms with Crippen molar-refractivity contribution in [3.63, 3.8) is 0 Å². The van der Waals surface area contributed by atoms with Crippen molar-refractivity contribution in [2.24, 2.45) is 5.73 Å². The number of ether oxygens (including phenoxy) is 1. The maximum atomic E-state index is 7.30. The standard InChI is InChI=1S/C14H16N4O/c1-3-11-12(6-4-9(2)18-11)19-13-7-5-10(8-17-13)14(15)16/h4-8H,3H2,1-2H3,(H3,15,16). The topological polar surface area (TPSA) is 84.9 Å². The van der Waals surface area contributed by atoms with E-state index >= 15 is 0 Å². The molecule has 2 aromatic rings. The number of nitrogens with one attached hydrogen (secondary N) is 1. The number of aromatic nitrogens is 2. The van der Waals surface area contributed by atoms with Crippen molar-refractivity contribution in [3.05, 3.63) is 47.4 Å². The first-order valence-corrected chi connectivity index (χ1v) is 6.05. The van der Waals surface area contributed by atoms with Gasteiger partial charge >= 0.3 is 0 Å². The molecule has 0 aliphatic carbocycles. The van der Waals surface area contributed by atoms with Gasteiger partial charge < -0.3 is 10.5 Å². The van der Waals surface area contributed by atoms with Gasteiger partial charge in [-0.05, 0) is 31.5 Å². The van der Waals surface area contributed by atoms with Crippen LogP contribution in [-0.2, 0) is 6.42 Å². The minimum atomic E-state index is -0.00898. The van der Waals surface area contributed by atoms with Crippen LogP contribution in [-0.4, -0.2) is 15.8 Å². The molecule has 0 spiro atoms. The summed E-state index contributed by atoms with van der Waals surface area (Å²) in [6.45, 7) is 3.98. The second-order valence-corrected chi connectivity index (χ2v) is 4.15. The summed E-state index contributed by atoms with van der Waals surface area (Å²) >= 11 is 0. The molecule has 0 amide bonds. The van der Waals surface area contributed by atoms with Crippen LogP contribution >= 0.6 is 0 Å². The van der Waals surface area contributed by atoms with Gasteiger partial charge in [0.25, 0.3) is 0 Å². The fourth-order valence-electron chi connectivity index (χ4n) is 1.66. The molecule has 0 atom stereocenters. The Bertz CT molecular complexity index is 593. The summed E-state index contributed by atoms with van der Waals surface area (Å²) in [6.07, 6.45) is 2.31. The van der Waals surface area contributed by atoms with Crippen LogP contribution in [0.2, 0.25) is 0 Å². The Hall–Kier alpha value is -2.43. The zero-order chi connectivity index (χ0) is 13.8. The molecule has 0 bridgehead atoms. The predicted molar refractivity (Wildman–Crippen MR) is 73.7 cm³/mol. The summed E-state index contributed by atoms with van der Waals surface area (Å²) in [5, 5.41) is 7.30. The normalized spacial score (nSPS) is 10.2. The van der Waals surface area contributed by atoms with Crippen LogP contribution in [0, 0.1) is 12.3 Å². The summed E-state index contributed by atoms with van der Waals surface area (Å²) in [7, 11) is 0. The third-order valence-corrected chi connectivity index (χ3v) is 2.67. The van der Waals surface area contributed by atoms with Crippen molar-refractivity contribution in [2.45, 2.75) is 20.3 Å². The summed E-state index contributed by atoms with van der Waals surface area (Å²) in [5.74, 6) is 1.16. The van der Waals surface area contributed by atoms with Crippen molar-refractivity contribution >= 4 is 5.84 Å². The average Bonchev–Trinajstić information content (AvgIpc) is 2.41. The van der Waals surface area contributed by atoms with E-state index in [4.69, 9.17) is 15.9 Å². The average molecular weight is 256 g/mol. The van der Waals surface area contributed by atoms with Gasteiger partial charge in [-0.25, -0.2) is 4.98 Å². The zero-order valence-corrected chi connectivity index (χ0v) is 11.0. The minimum absolute atomic E-state index is 0.00898. The molecule has 0 fully saturated rings. The lowest BCUT2D eigenvalue weighted by atomic mass is 10.2. The molecule has 0 aliphatic heterocycles. The van der Waals surface area contributed by atoms with Gasteiger partial charge in [0.15, 0.2) is 5.75 Å². The monoisotopic (exact) mass is 256 g/mol. The Balaban J connectivity index is 2.23. The highest BCUT2D eigenvalue weighted by Crippen LogP contribution is 2.23. The number of nitrogens with zero attached hydrogens (tertiary/aromatic N) is 2. The lowest BCUT2D eigenvalue weighted by molar-refractivity contribution is 0.454. The van der Waals surface area contributed by atoms with E-state index < -0.39 is 0 Å². The number of rotatable bonds is 4. The van der Waals surface area contributed by atoms with Crippen LogP contribution in [0.3, 0.4) is 0 Å². The Morgan fingerprint density at radius 1 is 1.32 bits per heavy atom. The molecule has 0 saturated carbocycles. The van der Waals surface area contributed by atoms with Crippen LogP contribution in [0.25, 0.3) is 0 Å². The van der Waals surface area contributed by atoms with Gasteiger partial charge in [0.05, 0.1) is 5.69 Å². The third-order valence-electron chi connectivity index (χ3n) is 2.67. The maximum Gasteiger partial charge on any atom is 0.219 e. The second-order valence-electron chi connectivity index (χ2n) is 4.15. The number of pyridine rings is 2. The molecule has 2 rings (SSSR count). The number of hydrogen-bond acceptors (Lipinski definition) is 4. The quantitative estimate of drug-likeness (QED) is 0.650. The Kier molecular flexibility index (Phi) is 3.75. The summed E-state index contributed by atoms with van der Waals surface area (Å²) < 4.78 is 5.71. The van der Waals surface area contributed by atoms with Gasteiger partial charge in [-0.15, -0.1) is 0 Å². The second kappa shape index (κ2) is 5.48. The molecule has 2 heterocycles. The lowest BCUT2D eigenvalue weighted by Gasteiger charge is -2.09. The zero-order valence-electron chi connectivity index (χ0n) is 11.0. The fourth-order valence-corrected chi connectivity index (χ4v) is 1.66. The highest BCUT2D eigenvalue weighted by molar-refractivity contribution is 5.94. The van der Waals surface area contributed by atoms with Gasteiger partial charge in [0.2, 0.25) is 5.88 Å². The van der Waals surface area contributed by atoms with Crippen molar-refractivity contribution in [1.82, 2.24) is 9.97 Å². The molecule has 5 heteroatoms. The van der Waals surface area contributed by atoms with Crippen LogP contribution in [0.1, 0.15) is 23.9 Å². The van der Waals surface area contributed by atoms with Crippen molar-refractivity contribution < 1.29 is 4.74 Å². The molecule has 3 N–H and O–H groups in total. The molecule has 19 heavy (non-hydrogen) atoms. The predicted octanol–water partition coefficient (Wildman–Crippen LogP) is 2.42. The van der Waals surface area contributed by atoms with Gasteiger partial charge in [-0.1, -0.05) is 6.92 Å². The maximum absolute atomic E-state index is 7.30. The van der Waals surface area contributed by atoms with Gasteiger partial charge in [-0.2, -0.15) is 0 Å². The molecule has 0 saturated heterocycles. The molecule has 5 nitrogen and oxygen atoms in total. The third kappa shape index (κ3) is 3.07. The van der Waals surface area contributed by atoms with Crippen LogP contribution in [0.15, 0.2) is 30.5 Å². The van der Waals surface area contributed by atoms with Gasteiger partial charge in [0.1, 0.15) is 5.84 Å². The Morgan fingerprint density at radius 3 is 2.68 bits per heavy atom. The minimum Gasteiger partial charge on any atom is -0.437 e. The first kappa shape index (κ1) is 13.0. The van der Waals surface area contributed by atoms with E-state index in [1.807, 2.05) is 26.0 Å².